The molecule has 172 valence electrons. The topological polar surface area (TPSA) is 79.3 Å². The molecular formula is C24H36N2O5. The van der Waals surface area contributed by atoms with Gasteiger partial charge in [0.1, 0.15) is 11.4 Å². The number of rotatable bonds is 6. The van der Waals surface area contributed by atoms with Crippen LogP contribution in [0.2, 0.25) is 0 Å². The first-order valence-electron chi connectivity index (χ1n) is 11.1. The van der Waals surface area contributed by atoms with Crippen molar-refractivity contribution in [3.63, 3.8) is 0 Å². The molecule has 0 bridgehead atoms. The summed E-state index contributed by atoms with van der Waals surface area (Å²) in [5, 5.41) is 10.7. The number of esters is 1. The SMILES string of the molecule is COc1ccc(C2(C(=O)N3C[C@@H](O)[C@H](N(C)CC(=O)OC(C)(C)C)C3)CCCC2)cc1. The van der Waals surface area contributed by atoms with Crippen molar-refractivity contribution in [3.8, 4) is 5.75 Å². The van der Waals surface area contributed by atoms with E-state index in [4.69, 9.17) is 9.47 Å². The van der Waals surface area contributed by atoms with Crippen molar-refractivity contribution in [1.82, 2.24) is 9.80 Å². The molecule has 2 atom stereocenters. The van der Waals surface area contributed by atoms with E-state index in [0.29, 0.717) is 6.54 Å². The zero-order chi connectivity index (χ0) is 22.8. The molecule has 3 rings (SSSR count). The molecule has 0 radical (unpaired) electrons. The molecule has 7 nitrogen and oxygen atoms in total. The van der Waals surface area contributed by atoms with Gasteiger partial charge in [0, 0.05) is 13.1 Å². The Morgan fingerprint density at radius 2 is 1.77 bits per heavy atom. The molecule has 31 heavy (non-hydrogen) atoms. The van der Waals surface area contributed by atoms with E-state index >= 15 is 0 Å². The zero-order valence-corrected chi connectivity index (χ0v) is 19.4. The van der Waals surface area contributed by atoms with Crippen LogP contribution in [0.3, 0.4) is 0 Å². The molecule has 2 fully saturated rings. The number of aliphatic hydroxyl groups excluding tert-OH is 1. The highest BCUT2D eigenvalue weighted by Gasteiger charge is 2.48. The van der Waals surface area contributed by atoms with Crippen molar-refractivity contribution in [2.45, 2.75) is 69.6 Å². The summed E-state index contributed by atoms with van der Waals surface area (Å²) in [7, 11) is 3.42. The number of likely N-dealkylation sites (tertiary alicyclic amines) is 1. The second kappa shape index (κ2) is 9.17. The highest BCUT2D eigenvalue weighted by atomic mass is 16.6. The van der Waals surface area contributed by atoms with Crippen LogP contribution in [-0.4, -0.2) is 78.3 Å². The molecule has 2 aliphatic rings. The molecule has 1 saturated carbocycles. The zero-order valence-electron chi connectivity index (χ0n) is 19.4. The third kappa shape index (κ3) is 5.21. The molecule has 7 heteroatoms. The first-order chi connectivity index (χ1) is 14.6. The van der Waals surface area contributed by atoms with Crippen molar-refractivity contribution < 1.29 is 24.2 Å². The molecular weight excluding hydrogens is 396 g/mol. The molecule has 0 aromatic heterocycles. The number of likely N-dealkylation sites (N-methyl/N-ethyl adjacent to an activating group) is 1. The van der Waals surface area contributed by atoms with Crippen LogP contribution in [0.4, 0.5) is 0 Å². The van der Waals surface area contributed by atoms with Crippen LogP contribution in [0.5, 0.6) is 5.75 Å². The fourth-order valence-corrected chi connectivity index (χ4v) is 4.88. The number of ether oxygens (including phenoxy) is 2. The monoisotopic (exact) mass is 432 g/mol. The lowest BCUT2D eigenvalue weighted by molar-refractivity contribution is -0.156. The summed E-state index contributed by atoms with van der Waals surface area (Å²) in [5.41, 5.74) is -0.0951. The minimum atomic E-state index is -0.703. The minimum absolute atomic E-state index is 0.0717. The maximum atomic E-state index is 13.7. The summed E-state index contributed by atoms with van der Waals surface area (Å²) in [5.74, 6) is 0.504. The fraction of sp³-hybridized carbons (Fsp3) is 0.667. The van der Waals surface area contributed by atoms with Crippen LogP contribution < -0.4 is 4.74 Å². The number of β-amino-alcohol motifs (C(OH)–C–C–N with tert-alkyl or cyclic N) is 1. The van der Waals surface area contributed by atoms with Crippen molar-refractivity contribution >= 4 is 11.9 Å². The molecule has 1 heterocycles. The number of hydrogen-bond donors (Lipinski definition) is 1. The molecule has 1 amide bonds. The Balaban J connectivity index is 1.71. The summed E-state index contributed by atoms with van der Waals surface area (Å²) < 4.78 is 10.7. The van der Waals surface area contributed by atoms with Gasteiger partial charge in [0.25, 0.3) is 0 Å². The minimum Gasteiger partial charge on any atom is -0.497 e. The van der Waals surface area contributed by atoms with Gasteiger partial charge in [-0.2, -0.15) is 0 Å². The molecule has 1 N–H and O–H groups in total. The van der Waals surface area contributed by atoms with Gasteiger partial charge in [0.2, 0.25) is 5.91 Å². The number of hydrogen-bond acceptors (Lipinski definition) is 6. The average Bonchev–Trinajstić information content (AvgIpc) is 3.34. The normalized spacial score (nSPS) is 23.3. The van der Waals surface area contributed by atoms with Crippen molar-refractivity contribution in [1.29, 1.82) is 0 Å². The predicted octanol–water partition coefficient (Wildman–Crippen LogP) is 2.35. The van der Waals surface area contributed by atoms with Crippen LogP contribution >= 0.6 is 0 Å². The Morgan fingerprint density at radius 3 is 2.32 bits per heavy atom. The number of amides is 1. The Hall–Kier alpha value is -2.12. The van der Waals surface area contributed by atoms with Gasteiger partial charge in [-0.15, -0.1) is 0 Å². The van der Waals surface area contributed by atoms with E-state index in [-0.39, 0.29) is 31.0 Å². The van der Waals surface area contributed by atoms with Crippen LogP contribution in [0.15, 0.2) is 24.3 Å². The van der Waals surface area contributed by atoms with Gasteiger partial charge >= 0.3 is 5.97 Å². The fourth-order valence-electron chi connectivity index (χ4n) is 4.88. The number of nitrogens with zero attached hydrogens (tertiary/aromatic N) is 2. The van der Waals surface area contributed by atoms with Gasteiger partial charge in [-0.1, -0.05) is 25.0 Å². The van der Waals surface area contributed by atoms with E-state index in [9.17, 15) is 14.7 Å². The third-order valence-electron chi connectivity index (χ3n) is 6.42. The van der Waals surface area contributed by atoms with Gasteiger partial charge in [-0.25, -0.2) is 0 Å². The maximum Gasteiger partial charge on any atom is 0.320 e. The summed E-state index contributed by atoms with van der Waals surface area (Å²) in [6.07, 6.45) is 2.93. The molecule has 0 spiro atoms. The van der Waals surface area contributed by atoms with E-state index in [2.05, 4.69) is 0 Å². The summed E-state index contributed by atoms with van der Waals surface area (Å²) in [6, 6.07) is 7.48. The van der Waals surface area contributed by atoms with E-state index in [1.54, 1.807) is 24.0 Å². The lowest BCUT2D eigenvalue weighted by Crippen LogP contribution is -2.47. The van der Waals surface area contributed by atoms with E-state index < -0.39 is 17.1 Å². The van der Waals surface area contributed by atoms with Crippen LogP contribution in [0, 0.1) is 0 Å². The molecule has 1 saturated heterocycles. The first kappa shape index (κ1) is 23.5. The molecule has 0 unspecified atom stereocenters. The van der Waals surface area contributed by atoms with Gasteiger partial charge in [-0.05, 0) is 58.4 Å². The van der Waals surface area contributed by atoms with Gasteiger partial charge < -0.3 is 19.5 Å². The lowest BCUT2D eigenvalue weighted by atomic mass is 9.77. The summed E-state index contributed by atoms with van der Waals surface area (Å²) >= 11 is 0. The highest BCUT2D eigenvalue weighted by molar-refractivity contribution is 5.89. The Morgan fingerprint density at radius 1 is 1.16 bits per heavy atom. The van der Waals surface area contributed by atoms with E-state index in [0.717, 1.165) is 37.0 Å². The standard InChI is InChI=1S/C24H36N2O5/c1-23(2,3)31-21(28)16-25(4)19-14-26(15-20(19)27)22(29)24(12-6-7-13-24)17-8-10-18(30-5)11-9-17/h8-11,19-20,27H,6-7,12-16H2,1-5H3/t19-,20-/m1/s1. The second-order valence-electron chi connectivity index (χ2n) is 9.86. The average molecular weight is 433 g/mol. The number of aliphatic hydroxyl groups is 1. The van der Waals surface area contributed by atoms with Crippen molar-refractivity contribution in [2.75, 3.05) is 33.8 Å². The number of benzene rings is 1. The predicted molar refractivity (Wildman–Crippen MR) is 118 cm³/mol. The Bertz CT molecular complexity index is 780. The van der Waals surface area contributed by atoms with Crippen molar-refractivity contribution in [2.24, 2.45) is 0 Å². The van der Waals surface area contributed by atoms with Gasteiger partial charge in [0.15, 0.2) is 0 Å². The number of carbonyl (C=O) groups is 2. The summed E-state index contributed by atoms with van der Waals surface area (Å²) in [6.45, 7) is 6.24. The lowest BCUT2D eigenvalue weighted by Gasteiger charge is -2.33. The largest absolute Gasteiger partial charge is 0.497 e. The summed E-state index contributed by atoms with van der Waals surface area (Å²) in [4.78, 5) is 29.5. The van der Waals surface area contributed by atoms with Crippen LogP contribution in [-0.2, 0) is 19.7 Å². The maximum absolute atomic E-state index is 13.7. The van der Waals surface area contributed by atoms with E-state index in [1.807, 2.05) is 45.0 Å². The van der Waals surface area contributed by atoms with Crippen LogP contribution in [0.25, 0.3) is 0 Å². The Kier molecular flexibility index (Phi) is 6.96. The van der Waals surface area contributed by atoms with E-state index in [1.165, 1.54) is 0 Å². The van der Waals surface area contributed by atoms with Gasteiger partial charge in [0.05, 0.1) is 31.2 Å². The third-order valence-corrected chi connectivity index (χ3v) is 6.42. The van der Waals surface area contributed by atoms with Crippen LogP contribution in [0.1, 0.15) is 52.0 Å². The smallest absolute Gasteiger partial charge is 0.320 e. The Labute approximate surface area is 185 Å². The van der Waals surface area contributed by atoms with Gasteiger partial charge in [-0.3, -0.25) is 14.5 Å². The number of methoxy groups -OCH3 is 1. The quantitative estimate of drug-likeness (QED) is 0.696. The second-order valence-corrected chi connectivity index (χ2v) is 9.86. The molecule has 1 aliphatic carbocycles. The molecule has 1 aromatic rings. The molecule has 1 aromatic carbocycles. The molecule has 1 aliphatic heterocycles. The highest BCUT2D eigenvalue weighted by Crippen LogP contribution is 2.43. The first-order valence-corrected chi connectivity index (χ1v) is 11.1. The number of carbonyl (C=O) groups excluding carboxylic acids is 2. The van der Waals surface area contributed by atoms with Crippen molar-refractivity contribution in [3.05, 3.63) is 29.8 Å².